The molecule has 1 aromatic heterocycles. The number of nitrogens with one attached hydrogen (secondary N) is 2. The average molecular weight is 453 g/mol. The van der Waals surface area contributed by atoms with Crippen LogP contribution in [0.15, 0.2) is 36.4 Å². The van der Waals surface area contributed by atoms with Crippen molar-refractivity contribution in [1.29, 1.82) is 0 Å². The summed E-state index contributed by atoms with van der Waals surface area (Å²) in [6.07, 6.45) is 0.926. The Morgan fingerprint density at radius 2 is 2.00 bits per heavy atom. The molecule has 29 heavy (non-hydrogen) atoms. The number of fused-ring (bicyclic) bond motifs is 1. The lowest BCUT2D eigenvalue weighted by Gasteiger charge is -2.17. The molecule has 0 fully saturated rings. The fraction of sp³-hybridized carbons (Fsp3) is 0.250. The first-order chi connectivity index (χ1) is 13.5. The van der Waals surface area contributed by atoms with Gasteiger partial charge in [0.2, 0.25) is 0 Å². The number of anilines is 1. The van der Waals surface area contributed by atoms with E-state index < -0.39 is 0 Å². The number of halogens is 3. The average Bonchev–Trinajstić information content (AvgIpc) is 3.04. The van der Waals surface area contributed by atoms with Crippen molar-refractivity contribution < 1.29 is 4.79 Å². The van der Waals surface area contributed by atoms with Gasteiger partial charge in [-0.05, 0) is 60.8 Å². The van der Waals surface area contributed by atoms with Crippen molar-refractivity contribution in [3.05, 3.63) is 74.4 Å². The molecule has 152 valence electrons. The molecule has 0 bridgehead atoms. The number of hydrogen-bond donors (Lipinski definition) is 2. The van der Waals surface area contributed by atoms with Crippen LogP contribution in [0.3, 0.4) is 0 Å². The summed E-state index contributed by atoms with van der Waals surface area (Å²) in [4.78, 5) is 12.7. The largest absolute Gasteiger partial charge is 0.312 e. The Kier molecular flexibility index (Phi) is 6.80. The Hall–Kier alpha value is -2.12. The summed E-state index contributed by atoms with van der Waals surface area (Å²) in [5.74, 6) is 0.260. The van der Waals surface area contributed by atoms with Crippen LogP contribution < -0.4 is 10.6 Å². The van der Waals surface area contributed by atoms with E-state index >= 15 is 0 Å². The Labute approximate surface area is 185 Å². The zero-order valence-corrected chi connectivity index (χ0v) is 18.0. The molecular formula is C20H20Cl3N5O. The topological polar surface area (TPSA) is 71.8 Å². The summed E-state index contributed by atoms with van der Waals surface area (Å²) in [5, 5.41) is 15.5. The summed E-state index contributed by atoms with van der Waals surface area (Å²) in [6, 6.07) is 11.2. The van der Waals surface area contributed by atoms with Crippen molar-refractivity contribution in [3.8, 4) is 0 Å². The number of nitrogens with zero attached hydrogens (tertiary/aromatic N) is 3. The summed E-state index contributed by atoms with van der Waals surface area (Å²) in [6.45, 7) is 4.13. The molecule has 0 radical (unpaired) electrons. The van der Waals surface area contributed by atoms with Crippen molar-refractivity contribution in [3.63, 3.8) is 0 Å². The molecule has 6 nitrogen and oxygen atoms in total. The van der Waals surface area contributed by atoms with Crippen LogP contribution >= 0.6 is 35.6 Å². The van der Waals surface area contributed by atoms with Gasteiger partial charge in [0.25, 0.3) is 5.91 Å². The highest BCUT2D eigenvalue weighted by Crippen LogP contribution is 2.23. The van der Waals surface area contributed by atoms with E-state index in [-0.39, 0.29) is 18.3 Å². The first kappa shape index (κ1) is 21.6. The van der Waals surface area contributed by atoms with Crippen LogP contribution in [-0.4, -0.2) is 27.4 Å². The van der Waals surface area contributed by atoms with Gasteiger partial charge in [-0.1, -0.05) is 40.5 Å². The molecule has 0 atom stereocenters. The normalized spacial score (nSPS) is 12.8. The number of carbonyl (C=O) groups excluding carboxylic acids is 1. The summed E-state index contributed by atoms with van der Waals surface area (Å²) in [7, 11) is 0. The number of hydrogen-bond acceptors (Lipinski definition) is 4. The third-order valence-corrected chi connectivity index (χ3v) is 5.62. The fourth-order valence-electron chi connectivity index (χ4n) is 3.24. The maximum absolute atomic E-state index is 12.7. The molecule has 2 heterocycles. The molecule has 2 N–H and O–H groups in total. The highest BCUT2D eigenvalue weighted by Gasteiger charge is 2.16. The minimum atomic E-state index is -0.189. The van der Waals surface area contributed by atoms with E-state index in [1.807, 2.05) is 31.2 Å². The van der Waals surface area contributed by atoms with Crippen molar-refractivity contribution in [2.24, 2.45) is 0 Å². The molecule has 1 amide bonds. The van der Waals surface area contributed by atoms with Gasteiger partial charge in [0.15, 0.2) is 5.82 Å². The minimum Gasteiger partial charge on any atom is -0.312 e. The van der Waals surface area contributed by atoms with Crippen molar-refractivity contribution in [1.82, 2.24) is 20.3 Å². The monoisotopic (exact) mass is 451 g/mol. The first-order valence-electron chi connectivity index (χ1n) is 8.99. The molecular weight excluding hydrogens is 433 g/mol. The Morgan fingerprint density at radius 1 is 1.17 bits per heavy atom. The maximum Gasteiger partial charge on any atom is 0.256 e. The molecule has 1 aliphatic heterocycles. The number of amides is 1. The second-order valence-electron chi connectivity index (χ2n) is 6.79. The molecule has 0 aliphatic carbocycles. The Morgan fingerprint density at radius 3 is 2.79 bits per heavy atom. The molecule has 0 saturated heterocycles. The van der Waals surface area contributed by atoms with Crippen molar-refractivity contribution in [2.75, 3.05) is 11.9 Å². The lowest BCUT2D eigenvalue weighted by molar-refractivity contribution is 0.102. The number of rotatable bonds is 4. The zero-order chi connectivity index (χ0) is 19.7. The van der Waals surface area contributed by atoms with E-state index in [0.717, 1.165) is 30.8 Å². The molecule has 0 spiro atoms. The third kappa shape index (κ3) is 4.73. The van der Waals surface area contributed by atoms with E-state index in [2.05, 4.69) is 20.9 Å². The lowest BCUT2D eigenvalue weighted by atomic mass is 9.98. The molecule has 0 unspecified atom stereocenters. The van der Waals surface area contributed by atoms with E-state index in [9.17, 15) is 4.79 Å². The predicted molar refractivity (Wildman–Crippen MR) is 117 cm³/mol. The van der Waals surface area contributed by atoms with Gasteiger partial charge in [-0.3, -0.25) is 4.79 Å². The van der Waals surface area contributed by atoms with Gasteiger partial charge in [0.05, 0.1) is 22.3 Å². The van der Waals surface area contributed by atoms with E-state index in [1.165, 1.54) is 11.1 Å². The summed E-state index contributed by atoms with van der Waals surface area (Å²) >= 11 is 12.0. The van der Waals surface area contributed by atoms with Gasteiger partial charge in [-0.2, -0.15) is 0 Å². The third-order valence-electron chi connectivity index (χ3n) is 4.89. The van der Waals surface area contributed by atoms with Gasteiger partial charge in [0.1, 0.15) is 0 Å². The van der Waals surface area contributed by atoms with E-state index in [1.54, 1.807) is 16.8 Å². The van der Waals surface area contributed by atoms with E-state index in [4.69, 9.17) is 23.2 Å². The predicted octanol–water partition coefficient (Wildman–Crippen LogP) is 4.26. The van der Waals surface area contributed by atoms with Crippen LogP contribution in [0.4, 0.5) is 5.82 Å². The van der Waals surface area contributed by atoms with Crippen LogP contribution in [0.25, 0.3) is 0 Å². The van der Waals surface area contributed by atoms with Crippen LogP contribution in [-0.2, 0) is 19.5 Å². The van der Waals surface area contributed by atoms with Gasteiger partial charge in [-0.15, -0.1) is 17.5 Å². The molecule has 9 heteroatoms. The zero-order valence-electron chi connectivity index (χ0n) is 15.7. The number of carbonyl (C=O) groups is 1. The lowest BCUT2D eigenvalue weighted by Crippen LogP contribution is -2.24. The number of aromatic nitrogens is 3. The first-order valence-corrected chi connectivity index (χ1v) is 9.75. The quantitative estimate of drug-likeness (QED) is 0.620. The fourth-order valence-corrected chi connectivity index (χ4v) is 3.56. The molecule has 2 aromatic carbocycles. The van der Waals surface area contributed by atoms with Gasteiger partial charge >= 0.3 is 0 Å². The standard InChI is InChI=1S/C20H19Cl2N5O.ClH/c1-12-19(25-26-27(12)11-13-2-5-17(21)18(22)8-13)24-20(28)15-3-4-16-10-23-7-6-14(16)9-15;/h2-5,8-9,23H,6-7,10-11H2,1H3,(H,24,28);1H. The molecule has 0 saturated carbocycles. The van der Waals surface area contributed by atoms with Crippen LogP contribution in [0, 0.1) is 6.92 Å². The Balaban J connectivity index is 0.00000240. The maximum atomic E-state index is 12.7. The molecule has 1 aliphatic rings. The highest BCUT2D eigenvalue weighted by atomic mass is 35.5. The SMILES string of the molecule is Cc1c(NC(=O)c2ccc3c(c2)CCNC3)nnn1Cc1ccc(Cl)c(Cl)c1.Cl. The smallest absolute Gasteiger partial charge is 0.256 e. The van der Waals surface area contributed by atoms with Crippen LogP contribution in [0.2, 0.25) is 10.0 Å². The number of benzene rings is 2. The van der Waals surface area contributed by atoms with Crippen molar-refractivity contribution in [2.45, 2.75) is 26.4 Å². The minimum absolute atomic E-state index is 0. The summed E-state index contributed by atoms with van der Waals surface area (Å²) in [5.41, 5.74) is 4.79. The second kappa shape index (κ2) is 9.13. The van der Waals surface area contributed by atoms with Gasteiger partial charge < -0.3 is 10.6 Å². The second-order valence-corrected chi connectivity index (χ2v) is 7.61. The van der Waals surface area contributed by atoms with Gasteiger partial charge in [-0.25, -0.2) is 4.68 Å². The van der Waals surface area contributed by atoms with Crippen LogP contribution in [0.5, 0.6) is 0 Å². The van der Waals surface area contributed by atoms with Crippen LogP contribution in [0.1, 0.15) is 32.7 Å². The molecule has 3 aromatic rings. The highest BCUT2D eigenvalue weighted by molar-refractivity contribution is 6.42. The molecule has 4 rings (SSSR count). The Bertz CT molecular complexity index is 1050. The summed E-state index contributed by atoms with van der Waals surface area (Å²) < 4.78 is 1.72. The van der Waals surface area contributed by atoms with E-state index in [0.29, 0.717) is 28.0 Å². The van der Waals surface area contributed by atoms with Crippen molar-refractivity contribution >= 4 is 47.3 Å². The van der Waals surface area contributed by atoms with Gasteiger partial charge in [0, 0.05) is 12.1 Å².